The Bertz CT molecular complexity index is 549. The predicted octanol–water partition coefficient (Wildman–Crippen LogP) is 1.20. The van der Waals surface area contributed by atoms with Crippen molar-refractivity contribution in [3.8, 4) is 0 Å². The molecule has 0 spiro atoms. The number of hydrogen-bond acceptors (Lipinski definition) is 4. The normalized spacial score (nSPS) is 10.4. The molecular formula is C13H17N5O. The largest absolute Gasteiger partial charge is 0.397 e. The molecule has 6 nitrogen and oxygen atoms in total. The van der Waals surface area contributed by atoms with E-state index in [0.717, 1.165) is 18.7 Å². The van der Waals surface area contributed by atoms with Crippen LogP contribution in [0.25, 0.3) is 0 Å². The van der Waals surface area contributed by atoms with Gasteiger partial charge in [0.05, 0.1) is 17.9 Å². The number of carbonyl (C=O) groups excluding carboxylic acids is 1. The lowest BCUT2D eigenvalue weighted by Crippen LogP contribution is -2.25. The fourth-order valence-electron chi connectivity index (χ4n) is 1.83. The third kappa shape index (κ3) is 3.31. The third-order valence-electron chi connectivity index (χ3n) is 2.69. The molecule has 0 aliphatic carbocycles. The summed E-state index contributed by atoms with van der Waals surface area (Å²) in [4.78, 5) is 20.0. The Balaban J connectivity index is 2.03. The van der Waals surface area contributed by atoms with Gasteiger partial charge in [-0.25, -0.2) is 9.97 Å². The number of hydrogen-bond donors (Lipinski definition) is 2. The topological polar surface area (TPSA) is 85.8 Å². The van der Waals surface area contributed by atoms with Crippen molar-refractivity contribution in [3.05, 3.63) is 42.2 Å². The van der Waals surface area contributed by atoms with Gasteiger partial charge in [0.25, 0.3) is 5.91 Å². The molecule has 0 radical (unpaired) electrons. The minimum absolute atomic E-state index is 0.149. The molecule has 1 amide bonds. The molecular weight excluding hydrogens is 242 g/mol. The van der Waals surface area contributed by atoms with Crippen LogP contribution in [0, 0.1) is 0 Å². The average molecular weight is 259 g/mol. The average Bonchev–Trinajstić information content (AvgIpc) is 2.79. The molecule has 0 saturated carbocycles. The molecule has 6 heteroatoms. The van der Waals surface area contributed by atoms with E-state index in [0.29, 0.717) is 17.9 Å². The van der Waals surface area contributed by atoms with Gasteiger partial charge in [-0.1, -0.05) is 6.92 Å². The number of aryl methyl sites for hydroxylation is 1. The number of nitrogens with two attached hydrogens (primary N) is 1. The van der Waals surface area contributed by atoms with Crippen LogP contribution in [0.2, 0.25) is 0 Å². The minimum Gasteiger partial charge on any atom is -0.397 e. The first-order valence-corrected chi connectivity index (χ1v) is 6.19. The van der Waals surface area contributed by atoms with E-state index in [-0.39, 0.29) is 5.91 Å². The Morgan fingerprint density at radius 3 is 3.05 bits per heavy atom. The number of rotatable bonds is 5. The summed E-state index contributed by atoms with van der Waals surface area (Å²) in [6.45, 7) is 3.20. The molecule has 2 aromatic heterocycles. The number of nitrogens with one attached hydrogen (secondary N) is 1. The molecule has 2 rings (SSSR count). The van der Waals surface area contributed by atoms with Crippen molar-refractivity contribution in [2.24, 2.45) is 0 Å². The molecule has 0 fully saturated rings. The maximum atomic E-state index is 12.1. The van der Waals surface area contributed by atoms with E-state index in [1.807, 2.05) is 4.57 Å². The lowest BCUT2D eigenvalue weighted by atomic mass is 10.3. The van der Waals surface area contributed by atoms with Gasteiger partial charge in [0.2, 0.25) is 0 Å². The number of anilines is 1. The van der Waals surface area contributed by atoms with Crippen LogP contribution in [0.1, 0.15) is 29.5 Å². The van der Waals surface area contributed by atoms with Gasteiger partial charge in [-0.05, 0) is 18.6 Å². The Morgan fingerprint density at radius 2 is 2.37 bits per heavy atom. The number of nitrogen functional groups attached to an aromatic ring is 1. The van der Waals surface area contributed by atoms with Crippen molar-refractivity contribution in [1.29, 1.82) is 0 Å². The summed E-state index contributed by atoms with van der Waals surface area (Å²) in [5.74, 6) is -0.149. The van der Waals surface area contributed by atoms with E-state index in [9.17, 15) is 4.79 Å². The van der Waals surface area contributed by atoms with E-state index in [2.05, 4.69) is 22.2 Å². The molecule has 2 heterocycles. The quantitative estimate of drug-likeness (QED) is 0.844. The molecule has 0 aliphatic rings. The van der Waals surface area contributed by atoms with Crippen molar-refractivity contribution < 1.29 is 4.79 Å². The van der Waals surface area contributed by atoms with Crippen LogP contribution in [0.3, 0.4) is 0 Å². The third-order valence-corrected chi connectivity index (χ3v) is 2.69. The van der Waals surface area contributed by atoms with Crippen molar-refractivity contribution in [2.45, 2.75) is 26.4 Å². The Labute approximate surface area is 111 Å². The fourth-order valence-corrected chi connectivity index (χ4v) is 1.83. The van der Waals surface area contributed by atoms with Gasteiger partial charge in [-0.2, -0.15) is 0 Å². The number of aromatic nitrogens is 3. The summed E-state index contributed by atoms with van der Waals surface area (Å²) >= 11 is 0. The van der Waals surface area contributed by atoms with Crippen LogP contribution in [-0.4, -0.2) is 20.4 Å². The van der Waals surface area contributed by atoms with E-state index >= 15 is 0 Å². The summed E-state index contributed by atoms with van der Waals surface area (Å²) in [7, 11) is 0. The van der Waals surface area contributed by atoms with Gasteiger partial charge in [0.1, 0.15) is 12.0 Å². The molecule has 19 heavy (non-hydrogen) atoms. The summed E-state index contributed by atoms with van der Waals surface area (Å²) < 4.78 is 1.87. The van der Waals surface area contributed by atoms with Crippen molar-refractivity contribution in [3.63, 3.8) is 0 Å². The fraction of sp³-hybridized carbons (Fsp3) is 0.308. The van der Waals surface area contributed by atoms with Crippen LogP contribution >= 0.6 is 0 Å². The zero-order valence-electron chi connectivity index (χ0n) is 10.8. The van der Waals surface area contributed by atoms with Crippen LogP contribution in [0.5, 0.6) is 0 Å². The molecule has 0 aromatic carbocycles. The lowest BCUT2D eigenvalue weighted by molar-refractivity contribution is 0.0941. The maximum Gasteiger partial charge on any atom is 0.268 e. The summed E-state index contributed by atoms with van der Waals surface area (Å²) in [5.41, 5.74) is 7.68. The second-order valence-corrected chi connectivity index (χ2v) is 4.24. The highest BCUT2D eigenvalue weighted by molar-refractivity contribution is 5.93. The second kappa shape index (κ2) is 5.99. The molecule has 0 aliphatic heterocycles. The van der Waals surface area contributed by atoms with Crippen molar-refractivity contribution in [1.82, 2.24) is 19.9 Å². The van der Waals surface area contributed by atoms with Gasteiger partial charge < -0.3 is 15.6 Å². The first-order valence-electron chi connectivity index (χ1n) is 6.19. The van der Waals surface area contributed by atoms with Gasteiger partial charge in [0, 0.05) is 18.9 Å². The molecule has 2 aromatic rings. The molecule has 0 atom stereocenters. The van der Waals surface area contributed by atoms with Gasteiger partial charge >= 0.3 is 0 Å². The first kappa shape index (κ1) is 13.1. The van der Waals surface area contributed by atoms with Crippen LogP contribution in [0.4, 0.5) is 5.69 Å². The second-order valence-electron chi connectivity index (χ2n) is 4.24. The monoisotopic (exact) mass is 259 g/mol. The van der Waals surface area contributed by atoms with E-state index in [4.69, 9.17) is 5.73 Å². The van der Waals surface area contributed by atoms with Crippen molar-refractivity contribution >= 4 is 11.6 Å². The van der Waals surface area contributed by atoms with Crippen LogP contribution in [-0.2, 0) is 13.1 Å². The number of nitrogens with zero attached hydrogens (tertiary/aromatic N) is 3. The lowest BCUT2D eigenvalue weighted by Gasteiger charge is -2.08. The predicted molar refractivity (Wildman–Crippen MR) is 72.3 cm³/mol. The van der Waals surface area contributed by atoms with Gasteiger partial charge in [-0.15, -0.1) is 0 Å². The highest BCUT2D eigenvalue weighted by atomic mass is 16.1. The van der Waals surface area contributed by atoms with Crippen LogP contribution < -0.4 is 11.1 Å². The van der Waals surface area contributed by atoms with Gasteiger partial charge in [0.15, 0.2) is 0 Å². The van der Waals surface area contributed by atoms with E-state index < -0.39 is 0 Å². The molecule has 0 saturated heterocycles. The number of amides is 1. The van der Waals surface area contributed by atoms with Gasteiger partial charge in [-0.3, -0.25) is 4.79 Å². The van der Waals surface area contributed by atoms with Crippen LogP contribution in [0.15, 0.2) is 30.9 Å². The zero-order chi connectivity index (χ0) is 13.7. The van der Waals surface area contributed by atoms with E-state index in [1.165, 1.54) is 6.33 Å². The smallest absolute Gasteiger partial charge is 0.268 e. The first-order chi connectivity index (χ1) is 9.20. The summed E-state index contributed by atoms with van der Waals surface area (Å²) in [5, 5.41) is 2.82. The van der Waals surface area contributed by atoms with Crippen molar-refractivity contribution in [2.75, 3.05) is 5.73 Å². The van der Waals surface area contributed by atoms with E-state index in [1.54, 1.807) is 24.5 Å². The Kier molecular flexibility index (Phi) is 4.12. The standard InChI is InChI=1S/C13H17N5O/c1-2-5-18-8-10(14)6-12(18)13(19)16-7-11-3-4-15-9-17-11/h3-4,6,8-9H,2,5,7,14H2,1H3,(H,16,19). The Morgan fingerprint density at radius 1 is 1.53 bits per heavy atom. The zero-order valence-corrected chi connectivity index (χ0v) is 10.8. The molecule has 0 unspecified atom stereocenters. The SMILES string of the molecule is CCCn1cc(N)cc1C(=O)NCc1ccncn1. The highest BCUT2D eigenvalue weighted by Gasteiger charge is 2.12. The number of carbonyl (C=O) groups is 1. The summed E-state index contributed by atoms with van der Waals surface area (Å²) in [6, 6.07) is 3.45. The highest BCUT2D eigenvalue weighted by Crippen LogP contribution is 2.11. The molecule has 100 valence electrons. The maximum absolute atomic E-state index is 12.1. The minimum atomic E-state index is -0.149. The molecule has 0 bridgehead atoms. The summed E-state index contributed by atoms with van der Waals surface area (Å²) in [6.07, 6.45) is 5.83. The molecule has 3 N–H and O–H groups in total. The Hall–Kier alpha value is -2.37.